The number of methoxy groups -OCH3 is 1. The van der Waals surface area contributed by atoms with Gasteiger partial charge in [0.2, 0.25) is 5.91 Å². The van der Waals surface area contributed by atoms with Gasteiger partial charge in [-0.2, -0.15) is 0 Å². The van der Waals surface area contributed by atoms with Crippen LogP contribution in [0.1, 0.15) is 12.8 Å². The number of hydrogen-bond acceptors (Lipinski definition) is 4. The van der Waals surface area contributed by atoms with E-state index in [0.29, 0.717) is 6.54 Å². The van der Waals surface area contributed by atoms with Crippen LogP contribution in [-0.2, 0) is 14.3 Å². The Hall–Kier alpha value is -1.10. The second-order valence-corrected chi connectivity index (χ2v) is 3.23. The molecule has 0 fully saturated rings. The Bertz CT molecular complexity index is 192. The first-order chi connectivity index (χ1) is 6.56. The molecule has 0 aromatic heterocycles. The molecule has 0 saturated heterocycles. The van der Waals surface area contributed by atoms with E-state index in [4.69, 9.17) is 0 Å². The Morgan fingerprint density at radius 1 is 1.29 bits per heavy atom. The number of nitrogens with zero attached hydrogens (tertiary/aromatic N) is 1. The van der Waals surface area contributed by atoms with Crippen molar-refractivity contribution in [1.82, 2.24) is 10.2 Å². The van der Waals surface area contributed by atoms with E-state index < -0.39 is 0 Å². The van der Waals surface area contributed by atoms with E-state index >= 15 is 0 Å². The smallest absolute Gasteiger partial charge is 0.306 e. The van der Waals surface area contributed by atoms with E-state index in [1.807, 2.05) is 19.0 Å². The van der Waals surface area contributed by atoms with Gasteiger partial charge in [0.05, 0.1) is 13.5 Å². The fourth-order valence-electron chi connectivity index (χ4n) is 0.825. The molecule has 82 valence electrons. The Balaban J connectivity index is 3.42. The quantitative estimate of drug-likeness (QED) is 0.596. The molecule has 1 N–H and O–H groups in total. The lowest BCUT2D eigenvalue weighted by molar-refractivity contribution is -0.142. The second-order valence-electron chi connectivity index (χ2n) is 3.23. The lowest BCUT2D eigenvalue weighted by atomic mass is 10.3. The molecule has 5 heteroatoms. The molecule has 0 aliphatic rings. The fraction of sp³-hybridized carbons (Fsp3) is 0.778. The summed E-state index contributed by atoms with van der Waals surface area (Å²) in [4.78, 5) is 23.8. The van der Waals surface area contributed by atoms with Gasteiger partial charge in [-0.1, -0.05) is 0 Å². The highest BCUT2D eigenvalue weighted by Gasteiger charge is 2.05. The average Bonchev–Trinajstić information content (AvgIpc) is 2.13. The van der Waals surface area contributed by atoms with Gasteiger partial charge in [-0.25, -0.2) is 0 Å². The summed E-state index contributed by atoms with van der Waals surface area (Å²) in [5.41, 5.74) is 0. The van der Waals surface area contributed by atoms with Gasteiger partial charge in [-0.05, 0) is 14.1 Å². The van der Waals surface area contributed by atoms with E-state index in [0.717, 1.165) is 6.54 Å². The van der Waals surface area contributed by atoms with Crippen LogP contribution in [0.15, 0.2) is 0 Å². The number of hydrogen-bond donors (Lipinski definition) is 1. The minimum absolute atomic E-state index is 0.114. The zero-order valence-electron chi connectivity index (χ0n) is 9.00. The molecule has 0 saturated carbocycles. The maximum atomic E-state index is 11.1. The van der Waals surface area contributed by atoms with Crippen molar-refractivity contribution in [3.63, 3.8) is 0 Å². The normalized spacial score (nSPS) is 10.0. The van der Waals surface area contributed by atoms with Gasteiger partial charge in [-0.3, -0.25) is 9.59 Å². The van der Waals surface area contributed by atoms with Crippen molar-refractivity contribution in [2.45, 2.75) is 12.8 Å². The van der Waals surface area contributed by atoms with Gasteiger partial charge in [-0.15, -0.1) is 0 Å². The molecule has 0 aromatic rings. The average molecular weight is 202 g/mol. The van der Waals surface area contributed by atoms with Crippen molar-refractivity contribution >= 4 is 11.9 Å². The molecule has 0 aromatic carbocycles. The molecule has 0 aliphatic heterocycles. The highest BCUT2D eigenvalue weighted by Crippen LogP contribution is 1.91. The van der Waals surface area contributed by atoms with Crippen molar-refractivity contribution in [2.75, 3.05) is 34.3 Å². The van der Waals surface area contributed by atoms with Crippen LogP contribution in [0.25, 0.3) is 0 Å². The Morgan fingerprint density at radius 2 is 1.93 bits per heavy atom. The number of carbonyl (C=O) groups excluding carboxylic acids is 2. The van der Waals surface area contributed by atoms with Crippen molar-refractivity contribution in [1.29, 1.82) is 0 Å². The molecule has 14 heavy (non-hydrogen) atoms. The molecule has 0 rings (SSSR count). The van der Waals surface area contributed by atoms with Gasteiger partial charge >= 0.3 is 5.97 Å². The maximum Gasteiger partial charge on any atom is 0.306 e. The minimum Gasteiger partial charge on any atom is -0.469 e. The van der Waals surface area contributed by atoms with Crippen LogP contribution in [0.2, 0.25) is 0 Å². The van der Waals surface area contributed by atoms with E-state index in [1.165, 1.54) is 7.11 Å². The van der Waals surface area contributed by atoms with Crippen LogP contribution in [0.5, 0.6) is 0 Å². The molecular weight excluding hydrogens is 184 g/mol. The molecule has 0 radical (unpaired) electrons. The summed E-state index contributed by atoms with van der Waals surface area (Å²) in [7, 11) is 5.17. The molecule has 0 aliphatic carbocycles. The summed E-state index contributed by atoms with van der Waals surface area (Å²) in [5, 5.41) is 2.71. The zero-order chi connectivity index (χ0) is 11.0. The van der Waals surface area contributed by atoms with Gasteiger partial charge in [0.15, 0.2) is 0 Å². The van der Waals surface area contributed by atoms with Crippen molar-refractivity contribution in [2.24, 2.45) is 0 Å². The topological polar surface area (TPSA) is 58.6 Å². The third-order valence-electron chi connectivity index (χ3n) is 1.67. The first-order valence-corrected chi connectivity index (χ1v) is 4.54. The van der Waals surface area contributed by atoms with Crippen molar-refractivity contribution in [3.8, 4) is 0 Å². The van der Waals surface area contributed by atoms with Crippen molar-refractivity contribution in [3.05, 3.63) is 0 Å². The molecule has 0 spiro atoms. The van der Waals surface area contributed by atoms with Crippen LogP contribution < -0.4 is 5.32 Å². The third-order valence-corrected chi connectivity index (χ3v) is 1.67. The standard InChI is InChI=1S/C9H18N2O3/c1-11(2)7-6-10-8(12)4-5-9(13)14-3/h4-7H2,1-3H3,(H,10,12). The van der Waals surface area contributed by atoms with Crippen LogP contribution in [0.3, 0.4) is 0 Å². The molecular formula is C9H18N2O3. The van der Waals surface area contributed by atoms with E-state index in [2.05, 4.69) is 10.1 Å². The molecule has 0 heterocycles. The van der Waals surface area contributed by atoms with Gasteiger partial charge in [0.25, 0.3) is 0 Å². The van der Waals surface area contributed by atoms with E-state index in [-0.39, 0.29) is 24.7 Å². The van der Waals surface area contributed by atoms with Crippen LogP contribution >= 0.6 is 0 Å². The highest BCUT2D eigenvalue weighted by molar-refractivity contribution is 5.81. The molecule has 1 amide bonds. The Morgan fingerprint density at radius 3 is 2.43 bits per heavy atom. The minimum atomic E-state index is -0.354. The Labute approximate surface area is 84.4 Å². The lowest BCUT2D eigenvalue weighted by Crippen LogP contribution is -2.31. The third kappa shape index (κ3) is 7.54. The van der Waals surface area contributed by atoms with Gasteiger partial charge in [0.1, 0.15) is 0 Å². The number of nitrogens with one attached hydrogen (secondary N) is 1. The summed E-state index contributed by atoms with van der Waals surface area (Å²) < 4.78 is 4.42. The highest BCUT2D eigenvalue weighted by atomic mass is 16.5. The fourth-order valence-corrected chi connectivity index (χ4v) is 0.825. The first-order valence-electron chi connectivity index (χ1n) is 4.54. The number of ether oxygens (including phenoxy) is 1. The van der Waals surface area contributed by atoms with Gasteiger partial charge in [0, 0.05) is 19.5 Å². The number of esters is 1. The molecule has 5 nitrogen and oxygen atoms in total. The Kier molecular flexibility index (Phi) is 6.74. The number of likely N-dealkylation sites (N-methyl/N-ethyl adjacent to an activating group) is 1. The van der Waals surface area contributed by atoms with Crippen LogP contribution in [0, 0.1) is 0 Å². The largest absolute Gasteiger partial charge is 0.469 e. The number of amides is 1. The van der Waals surface area contributed by atoms with Crippen LogP contribution in [0.4, 0.5) is 0 Å². The summed E-state index contributed by atoms with van der Waals surface area (Å²) in [6.45, 7) is 1.40. The maximum absolute atomic E-state index is 11.1. The van der Waals surface area contributed by atoms with E-state index in [1.54, 1.807) is 0 Å². The summed E-state index contributed by atoms with van der Waals surface area (Å²) in [5.74, 6) is -0.468. The SMILES string of the molecule is COC(=O)CCC(=O)NCCN(C)C. The monoisotopic (exact) mass is 202 g/mol. The lowest BCUT2D eigenvalue weighted by Gasteiger charge is -2.09. The van der Waals surface area contributed by atoms with Crippen LogP contribution in [-0.4, -0.2) is 51.1 Å². The predicted molar refractivity (Wildman–Crippen MR) is 52.8 cm³/mol. The predicted octanol–water partition coefficient (Wildman–Crippen LogP) is -0.383. The molecule has 0 unspecified atom stereocenters. The summed E-state index contributed by atoms with van der Waals surface area (Å²) in [6.07, 6.45) is 0.338. The molecule has 0 atom stereocenters. The van der Waals surface area contributed by atoms with Gasteiger partial charge < -0.3 is 15.0 Å². The van der Waals surface area contributed by atoms with Crippen molar-refractivity contribution < 1.29 is 14.3 Å². The second kappa shape index (κ2) is 7.32. The molecule has 0 bridgehead atoms. The van der Waals surface area contributed by atoms with E-state index in [9.17, 15) is 9.59 Å². The number of carbonyl (C=O) groups is 2. The summed E-state index contributed by atoms with van der Waals surface area (Å²) in [6, 6.07) is 0. The number of rotatable bonds is 6. The first kappa shape index (κ1) is 12.9. The zero-order valence-corrected chi connectivity index (χ0v) is 9.00. The summed E-state index contributed by atoms with van der Waals surface area (Å²) >= 11 is 0.